The molecule has 1 aromatic carbocycles. The van der Waals surface area contributed by atoms with Gasteiger partial charge in [-0.05, 0) is 33.3 Å². The maximum absolute atomic E-state index is 13.4. The first-order valence-electron chi connectivity index (χ1n) is 14.4. The number of hydrogen-bond acceptors (Lipinski definition) is 10. The molecule has 0 aromatic heterocycles. The van der Waals surface area contributed by atoms with Crippen molar-refractivity contribution >= 4 is 47.3 Å². The highest BCUT2D eigenvalue weighted by Gasteiger charge is 2.38. The number of amides is 7. The Kier molecular flexibility index (Phi) is 14.9. The zero-order chi connectivity index (χ0) is 36.2. The molecular weight excluding hydrogens is 620 g/mol. The molecule has 47 heavy (non-hydrogen) atoms. The van der Waals surface area contributed by atoms with Crippen LogP contribution in [0.1, 0.15) is 46.1 Å². The van der Waals surface area contributed by atoms with Crippen molar-refractivity contribution < 1.29 is 48.6 Å². The molecule has 12 N–H and O–H groups in total. The maximum atomic E-state index is 13.4. The smallest absolute Gasteiger partial charge is 0.326 e. The van der Waals surface area contributed by atoms with Crippen LogP contribution in [-0.4, -0.2) is 111 Å². The Morgan fingerprint density at radius 2 is 1.40 bits per heavy atom. The summed E-state index contributed by atoms with van der Waals surface area (Å²) in [7, 11) is 1.15. The number of aliphatic hydroxyl groups excluding tert-OH is 1. The van der Waals surface area contributed by atoms with Gasteiger partial charge in [0, 0.05) is 13.5 Å². The van der Waals surface area contributed by atoms with Crippen LogP contribution in [0.2, 0.25) is 0 Å². The number of primary amides is 2. The average Bonchev–Trinajstić information content (AvgIpc) is 2.96. The highest BCUT2D eigenvalue weighted by atomic mass is 16.4. The lowest BCUT2D eigenvalue weighted by Crippen LogP contribution is -2.64. The average molecular weight is 665 g/mol. The van der Waals surface area contributed by atoms with Crippen LogP contribution in [0.25, 0.3) is 0 Å². The summed E-state index contributed by atoms with van der Waals surface area (Å²) in [6.07, 6.45) is -2.72. The van der Waals surface area contributed by atoms with Gasteiger partial charge in [0.05, 0.1) is 25.0 Å². The van der Waals surface area contributed by atoms with Crippen molar-refractivity contribution in [2.75, 3.05) is 7.05 Å². The second-order valence-corrected chi connectivity index (χ2v) is 11.5. The van der Waals surface area contributed by atoms with E-state index in [1.807, 2.05) is 0 Å². The van der Waals surface area contributed by atoms with Gasteiger partial charge >= 0.3 is 5.97 Å². The van der Waals surface area contributed by atoms with Crippen LogP contribution in [0, 0.1) is 0 Å². The van der Waals surface area contributed by atoms with E-state index in [1.54, 1.807) is 30.3 Å². The Morgan fingerprint density at radius 3 is 1.89 bits per heavy atom. The van der Waals surface area contributed by atoms with E-state index in [4.69, 9.17) is 17.2 Å². The number of hydrogen-bond donors (Lipinski definition) is 9. The third-order valence-corrected chi connectivity index (χ3v) is 6.96. The summed E-state index contributed by atoms with van der Waals surface area (Å²) in [5.74, 6) is -7.81. The highest BCUT2D eigenvalue weighted by Crippen LogP contribution is 2.11. The highest BCUT2D eigenvalue weighted by molar-refractivity contribution is 5.98. The number of aliphatic carboxylic acids is 1. The molecule has 0 aliphatic heterocycles. The first kappa shape index (κ1) is 39.9. The maximum Gasteiger partial charge on any atom is 0.326 e. The molecule has 0 aliphatic carbocycles. The van der Waals surface area contributed by atoms with Gasteiger partial charge in [-0.25, -0.2) is 4.79 Å². The van der Waals surface area contributed by atoms with Gasteiger partial charge in [-0.2, -0.15) is 0 Å². The Bertz CT molecular complexity index is 1340. The SMILES string of the molecule is C[C@H](NC(=O)C(C)(C)NC(=O)[C@@H](NC(=O)[C@@H](N)CC(N)=O)[C@@H](C)O)C(=O)N[C@@H](Cc1ccccc1)C(=O)N(C)[C@@H](CC(N)=O)C(=O)O. The van der Waals surface area contributed by atoms with E-state index in [0.717, 1.165) is 11.9 Å². The number of nitrogens with one attached hydrogen (secondary N) is 4. The summed E-state index contributed by atoms with van der Waals surface area (Å²) in [5.41, 5.74) is 14.7. The Morgan fingerprint density at radius 1 is 0.851 bits per heavy atom. The molecule has 0 unspecified atom stereocenters. The van der Waals surface area contributed by atoms with E-state index >= 15 is 0 Å². The summed E-state index contributed by atoms with van der Waals surface area (Å²) < 4.78 is 0. The van der Waals surface area contributed by atoms with Crippen molar-refractivity contribution in [3.63, 3.8) is 0 Å². The predicted octanol–water partition coefficient (Wildman–Crippen LogP) is -4.03. The van der Waals surface area contributed by atoms with Crippen LogP contribution in [0.4, 0.5) is 0 Å². The van der Waals surface area contributed by atoms with Gasteiger partial charge in [0.1, 0.15) is 29.7 Å². The van der Waals surface area contributed by atoms with Crippen molar-refractivity contribution in [2.24, 2.45) is 17.2 Å². The second-order valence-electron chi connectivity index (χ2n) is 11.5. The van der Waals surface area contributed by atoms with Crippen molar-refractivity contribution in [3.8, 4) is 0 Å². The molecule has 1 rings (SSSR count). The molecule has 1 aromatic rings. The fraction of sp³-hybridized carbons (Fsp3) is 0.517. The summed E-state index contributed by atoms with van der Waals surface area (Å²) in [5, 5.41) is 29.1. The van der Waals surface area contributed by atoms with Gasteiger partial charge in [0.25, 0.3) is 0 Å². The fourth-order valence-corrected chi connectivity index (χ4v) is 4.19. The lowest BCUT2D eigenvalue weighted by Gasteiger charge is -2.31. The summed E-state index contributed by atoms with van der Waals surface area (Å²) in [4.78, 5) is 100. The van der Waals surface area contributed by atoms with E-state index in [2.05, 4.69) is 21.3 Å². The zero-order valence-corrected chi connectivity index (χ0v) is 26.8. The van der Waals surface area contributed by atoms with Crippen molar-refractivity contribution in [2.45, 2.75) is 88.8 Å². The van der Waals surface area contributed by atoms with E-state index in [1.165, 1.54) is 27.7 Å². The van der Waals surface area contributed by atoms with Gasteiger partial charge in [0.2, 0.25) is 41.4 Å². The molecule has 7 amide bonds. The molecule has 0 radical (unpaired) electrons. The van der Waals surface area contributed by atoms with Gasteiger partial charge in [-0.15, -0.1) is 0 Å². The Labute approximate surface area is 271 Å². The number of carbonyl (C=O) groups excluding carboxylic acids is 7. The van der Waals surface area contributed by atoms with E-state index in [9.17, 15) is 48.6 Å². The lowest BCUT2D eigenvalue weighted by molar-refractivity contribution is -0.151. The summed E-state index contributed by atoms with van der Waals surface area (Å²) in [6, 6.07) is 1.26. The monoisotopic (exact) mass is 664 g/mol. The Hall–Kier alpha value is -5.10. The van der Waals surface area contributed by atoms with Crippen LogP contribution in [-0.2, 0) is 44.8 Å². The Balaban J connectivity index is 3.08. The molecule has 0 fully saturated rings. The van der Waals surface area contributed by atoms with Crippen LogP contribution < -0.4 is 38.5 Å². The first-order valence-corrected chi connectivity index (χ1v) is 14.4. The molecule has 0 saturated carbocycles. The largest absolute Gasteiger partial charge is 0.480 e. The normalized spacial score (nSPS) is 15.0. The topological polar surface area (TPSA) is 306 Å². The molecule has 260 valence electrons. The minimum atomic E-state index is -1.72. The molecule has 0 saturated heterocycles. The van der Waals surface area contributed by atoms with Crippen LogP contribution in [0.5, 0.6) is 0 Å². The molecule has 0 spiro atoms. The molecule has 0 heterocycles. The zero-order valence-electron chi connectivity index (χ0n) is 26.8. The number of aliphatic hydroxyl groups is 1. The molecule has 0 bridgehead atoms. The quantitative estimate of drug-likeness (QED) is 0.0728. The second kappa shape index (κ2) is 17.6. The van der Waals surface area contributed by atoms with Gasteiger partial charge in [0.15, 0.2) is 0 Å². The molecule has 6 atom stereocenters. The molecule has 0 aliphatic rings. The molecular formula is C29H44N8O10. The van der Waals surface area contributed by atoms with Gasteiger partial charge in [-0.1, -0.05) is 30.3 Å². The lowest BCUT2D eigenvalue weighted by atomic mass is 10.0. The fourth-order valence-electron chi connectivity index (χ4n) is 4.19. The summed E-state index contributed by atoms with van der Waals surface area (Å²) >= 11 is 0. The minimum Gasteiger partial charge on any atom is -0.480 e. The van der Waals surface area contributed by atoms with E-state index in [0.29, 0.717) is 5.56 Å². The third-order valence-electron chi connectivity index (χ3n) is 6.96. The standard InChI is InChI=1S/C29H44N8O10/c1-14(33-28(47)29(3,4)36-25(43)22(15(2)38)35-24(42)17(30)12-20(31)39)23(41)34-18(11-16-9-7-6-8-10-16)26(44)37(5)19(27(45)46)13-21(32)40/h6-10,14-15,17-19,22,38H,11-13,30H2,1-5H3,(H2,31,39)(H2,32,40)(H,33,47)(H,34,41)(H,35,42)(H,36,43)(H,45,46)/t14-,15+,17-,18-,19-,22-/m0/s1. The molecule has 18 heteroatoms. The van der Waals surface area contributed by atoms with E-state index in [-0.39, 0.29) is 6.42 Å². The van der Waals surface area contributed by atoms with Crippen molar-refractivity contribution in [3.05, 3.63) is 35.9 Å². The number of nitrogens with zero attached hydrogens (tertiary/aromatic N) is 1. The number of carboxylic acid groups (broad SMARTS) is 1. The van der Waals surface area contributed by atoms with Crippen LogP contribution in [0.15, 0.2) is 30.3 Å². The number of rotatable bonds is 18. The number of nitrogens with two attached hydrogens (primary N) is 3. The first-order chi connectivity index (χ1) is 21.7. The third kappa shape index (κ3) is 12.7. The number of likely N-dealkylation sites (N-methyl/N-ethyl adjacent to an activating group) is 1. The number of carbonyl (C=O) groups is 8. The predicted molar refractivity (Wildman–Crippen MR) is 165 cm³/mol. The van der Waals surface area contributed by atoms with Gasteiger partial charge in [-0.3, -0.25) is 33.6 Å². The minimum absolute atomic E-state index is 0.0730. The number of benzene rings is 1. The number of carboxylic acids is 1. The van der Waals surface area contributed by atoms with Gasteiger partial charge < -0.3 is 53.6 Å². The van der Waals surface area contributed by atoms with E-state index < -0.39 is 102 Å². The van der Waals surface area contributed by atoms with Crippen molar-refractivity contribution in [1.29, 1.82) is 0 Å². The van der Waals surface area contributed by atoms with Crippen LogP contribution >= 0.6 is 0 Å². The van der Waals surface area contributed by atoms with Crippen LogP contribution in [0.3, 0.4) is 0 Å². The van der Waals surface area contributed by atoms with Crippen molar-refractivity contribution in [1.82, 2.24) is 26.2 Å². The molecule has 18 nitrogen and oxygen atoms in total. The summed E-state index contributed by atoms with van der Waals surface area (Å²) in [6.45, 7) is 5.06.